The van der Waals surface area contributed by atoms with Gasteiger partial charge in [0, 0.05) is 0 Å². The van der Waals surface area contributed by atoms with Crippen molar-refractivity contribution in [1.29, 1.82) is 0 Å². The lowest BCUT2D eigenvalue weighted by Crippen LogP contribution is -1.99. The van der Waals surface area contributed by atoms with Crippen LogP contribution in [-0.2, 0) is 6.42 Å². The fourth-order valence-corrected chi connectivity index (χ4v) is 3.51. The quantitative estimate of drug-likeness (QED) is 0.581. The van der Waals surface area contributed by atoms with Crippen molar-refractivity contribution in [3.8, 4) is 22.6 Å². The van der Waals surface area contributed by atoms with E-state index in [0.29, 0.717) is 11.5 Å². The second kappa shape index (κ2) is 8.16. The van der Waals surface area contributed by atoms with Gasteiger partial charge in [-0.15, -0.1) is 0 Å². The van der Waals surface area contributed by atoms with E-state index >= 15 is 0 Å². The van der Waals surface area contributed by atoms with Crippen molar-refractivity contribution in [2.45, 2.75) is 79.1 Å². The van der Waals surface area contributed by atoms with Gasteiger partial charge in [0.2, 0.25) is 0 Å². The normalized spacial score (nSPS) is 11.8. The molecule has 0 aliphatic carbocycles. The Bertz CT molecular complexity index is 741. The molecule has 26 heavy (non-hydrogen) atoms. The molecule has 0 aromatic heterocycles. The topological polar surface area (TPSA) is 40.5 Å². The number of phenolic OH excluding ortho intramolecular Hbond substituents is 2. The Kier molecular flexibility index (Phi) is 6.39. The smallest absolute Gasteiger partial charge is 0.122 e. The highest BCUT2D eigenvalue weighted by molar-refractivity contribution is 5.71. The molecule has 0 saturated heterocycles. The number of phenols is 2. The van der Waals surface area contributed by atoms with E-state index in [1.54, 1.807) is 0 Å². The summed E-state index contributed by atoms with van der Waals surface area (Å²) in [6, 6.07) is 8.45. The number of hydrogen-bond donors (Lipinski definition) is 2. The van der Waals surface area contributed by atoms with Crippen LogP contribution in [0.5, 0.6) is 11.5 Å². The molecule has 2 aromatic carbocycles. The predicted octanol–water partition coefficient (Wildman–Crippen LogP) is 7.09. The SMILES string of the molecule is CCCc1cc(-c2cc(C(C)C)c(O)c(C(C)C)c2)cc(C(C)C)c1O. The zero-order chi connectivity index (χ0) is 19.6. The predicted molar refractivity (Wildman–Crippen MR) is 111 cm³/mol. The van der Waals surface area contributed by atoms with Crippen LogP contribution in [0, 0.1) is 0 Å². The molecule has 0 bridgehead atoms. The van der Waals surface area contributed by atoms with Gasteiger partial charge in [-0.3, -0.25) is 0 Å². The molecule has 0 saturated carbocycles. The molecule has 0 aliphatic rings. The minimum atomic E-state index is 0.254. The molecule has 142 valence electrons. The van der Waals surface area contributed by atoms with Gasteiger partial charge in [0.05, 0.1) is 0 Å². The monoisotopic (exact) mass is 354 g/mol. The maximum atomic E-state index is 10.7. The summed E-state index contributed by atoms with van der Waals surface area (Å²) in [6.07, 6.45) is 1.87. The molecule has 2 N–H and O–H groups in total. The highest BCUT2D eigenvalue weighted by Gasteiger charge is 2.18. The molecule has 2 heteroatoms. The lowest BCUT2D eigenvalue weighted by atomic mass is 9.87. The molecule has 2 rings (SSSR count). The van der Waals surface area contributed by atoms with E-state index in [1.165, 1.54) is 0 Å². The lowest BCUT2D eigenvalue weighted by Gasteiger charge is -2.20. The minimum Gasteiger partial charge on any atom is -0.507 e. The van der Waals surface area contributed by atoms with Gasteiger partial charge in [0.1, 0.15) is 11.5 Å². The number of rotatable bonds is 6. The maximum Gasteiger partial charge on any atom is 0.122 e. The van der Waals surface area contributed by atoms with Crippen LogP contribution in [0.4, 0.5) is 0 Å². The zero-order valence-electron chi connectivity index (χ0n) is 17.4. The van der Waals surface area contributed by atoms with E-state index in [0.717, 1.165) is 46.2 Å². The van der Waals surface area contributed by atoms with Crippen molar-refractivity contribution in [2.24, 2.45) is 0 Å². The molecule has 0 unspecified atom stereocenters. The third-order valence-electron chi connectivity index (χ3n) is 5.11. The van der Waals surface area contributed by atoms with Crippen LogP contribution < -0.4 is 0 Å². The van der Waals surface area contributed by atoms with Gasteiger partial charge < -0.3 is 10.2 Å². The molecule has 0 spiro atoms. The molecule has 0 heterocycles. The third-order valence-corrected chi connectivity index (χ3v) is 5.11. The highest BCUT2D eigenvalue weighted by atomic mass is 16.3. The first-order valence-electron chi connectivity index (χ1n) is 9.90. The average Bonchev–Trinajstić information content (AvgIpc) is 2.56. The van der Waals surface area contributed by atoms with Gasteiger partial charge >= 0.3 is 0 Å². The second-order valence-corrected chi connectivity index (χ2v) is 8.29. The van der Waals surface area contributed by atoms with E-state index in [9.17, 15) is 10.2 Å². The van der Waals surface area contributed by atoms with Crippen LogP contribution in [0.25, 0.3) is 11.1 Å². The lowest BCUT2D eigenvalue weighted by molar-refractivity contribution is 0.454. The summed E-state index contributed by atoms with van der Waals surface area (Å²) in [6.45, 7) is 14.8. The standard InChI is InChI=1S/C24H34O2/c1-8-9-17-10-18(11-20(14(2)3)23(17)25)19-12-21(15(4)5)24(26)22(13-19)16(6)7/h10-16,25-26H,8-9H2,1-7H3. The first-order valence-corrected chi connectivity index (χ1v) is 9.90. The summed E-state index contributed by atoms with van der Waals surface area (Å²) in [4.78, 5) is 0. The van der Waals surface area contributed by atoms with E-state index in [-0.39, 0.29) is 17.8 Å². The molecule has 2 nitrogen and oxygen atoms in total. The maximum absolute atomic E-state index is 10.7. The molecular formula is C24H34O2. The number of hydrogen-bond acceptors (Lipinski definition) is 2. The molecule has 2 aromatic rings. The minimum absolute atomic E-state index is 0.254. The Labute approximate surface area is 158 Å². The average molecular weight is 355 g/mol. The largest absolute Gasteiger partial charge is 0.507 e. The first kappa shape index (κ1) is 20.4. The second-order valence-electron chi connectivity index (χ2n) is 8.29. The van der Waals surface area contributed by atoms with Crippen LogP contribution in [0.1, 0.15) is 94.9 Å². The van der Waals surface area contributed by atoms with Crippen molar-refractivity contribution in [1.82, 2.24) is 0 Å². The van der Waals surface area contributed by atoms with E-state index in [4.69, 9.17) is 0 Å². The molecule has 0 fully saturated rings. The summed E-state index contributed by atoms with van der Waals surface area (Å²) in [5.74, 6) is 1.64. The first-order chi connectivity index (χ1) is 12.2. The van der Waals surface area contributed by atoms with Crippen molar-refractivity contribution in [3.05, 3.63) is 46.5 Å². The van der Waals surface area contributed by atoms with Crippen molar-refractivity contribution >= 4 is 0 Å². The summed E-state index contributed by atoms with van der Waals surface area (Å²) >= 11 is 0. The number of benzene rings is 2. The summed E-state index contributed by atoms with van der Waals surface area (Å²) in [7, 11) is 0. The fraction of sp³-hybridized carbons (Fsp3) is 0.500. The summed E-state index contributed by atoms with van der Waals surface area (Å²) < 4.78 is 0. The Balaban J connectivity index is 2.74. The van der Waals surface area contributed by atoms with Gasteiger partial charge in [-0.1, -0.05) is 54.9 Å². The van der Waals surface area contributed by atoms with Crippen molar-refractivity contribution in [3.63, 3.8) is 0 Å². The summed E-state index contributed by atoms with van der Waals surface area (Å²) in [5, 5.41) is 21.3. The number of aryl methyl sites for hydroxylation is 1. The molecular weight excluding hydrogens is 320 g/mol. The van der Waals surface area contributed by atoms with E-state index in [2.05, 4.69) is 72.7 Å². The summed E-state index contributed by atoms with van der Waals surface area (Å²) in [5.41, 5.74) is 6.23. The fourth-order valence-electron chi connectivity index (χ4n) is 3.51. The Morgan fingerprint density at radius 1 is 0.654 bits per heavy atom. The van der Waals surface area contributed by atoms with Crippen LogP contribution >= 0.6 is 0 Å². The van der Waals surface area contributed by atoms with E-state index in [1.807, 2.05) is 0 Å². The van der Waals surface area contributed by atoms with Gasteiger partial charge in [0.25, 0.3) is 0 Å². The molecule has 0 amide bonds. The van der Waals surface area contributed by atoms with Crippen molar-refractivity contribution < 1.29 is 10.2 Å². The highest BCUT2D eigenvalue weighted by Crippen LogP contribution is 2.40. The van der Waals surface area contributed by atoms with E-state index < -0.39 is 0 Å². The van der Waals surface area contributed by atoms with Crippen molar-refractivity contribution in [2.75, 3.05) is 0 Å². The Hall–Kier alpha value is -1.96. The Morgan fingerprint density at radius 3 is 1.42 bits per heavy atom. The van der Waals surface area contributed by atoms with Crippen LogP contribution in [-0.4, -0.2) is 10.2 Å². The third kappa shape index (κ3) is 4.06. The van der Waals surface area contributed by atoms with Gasteiger partial charge in [-0.25, -0.2) is 0 Å². The molecule has 0 radical (unpaired) electrons. The number of aromatic hydroxyl groups is 2. The van der Waals surface area contributed by atoms with Crippen LogP contribution in [0.15, 0.2) is 24.3 Å². The van der Waals surface area contributed by atoms with Gasteiger partial charge in [0.15, 0.2) is 0 Å². The Morgan fingerprint density at radius 2 is 1.04 bits per heavy atom. The van der Waals surface area contributed by atoms with Crippen LogP contribution in [0.2, 0.25) is 0 Å². The zero-order valence-corrected chi connectivity index (χ0v) is 17.4. The van der Waals surface area contributed by atoms with Crippen LogP contribution in [0.3, 0.4) is 0 Å². The molecule has 0 aliphatic heterocycles. The van der Waals surface area contributed by atoms with Gasteiger partial charge in [-0.05, 0) is 81.8 Å². The molecule has 0 atom stereocenters. The van der Waals surface area contributed by atoms with Gasteiger partial charge in [-0.2, -0.15) is 0 Å².